The Labute approximate surface area is 126 Å². The summed E-state index contributed by atoms with van der Waals surface area (Å²) in [6.07, 6.45) is 5.65. The van der Waals surface area contributed by atoms with Crippen LogP contribution in [0.1, 0.15) is 57.9 Å². The molecule has 1 aromatic carbocycles. The molecule has 116 valence electrons. The van der Waals surface area contributed by atoms with Crippen molar-refractivity contribution in [2.45, 2.75) is 57.9 Å². The first-order chi connectivity index (χ1) is 10.0. The summed E-state index contributed by atoms with van der Waals surface area (Å²) in [5, 5.41) is 12.1. The van der Waals surface area contributed by atoms with E-state index in [2.05, 4.69) is 12.2 Å². The van der Waals surface area contributed by atoms with Gasteiger partial charge in [0.05, 0.1) is 0 Å². The number of carbonyl (C=O) groups excluding carboxylic acids is 1. The fraction of sp³-hybridized carbons (Fsp3) is 0.529. The maximum absolute atomic E-state index is 12.0. The number of rotatable bonds is 9. The summed E-state index contributed by atoms with van der Waals surface area (Å²) in [6, 6.07) is 8.80. The van der Waals surface area contributed by atoms with Crippen molar-refractivity contribution in [1.29, 1.82) is 0 Å². The van der Waals surface area contributed by atoms with E-state index in [0.717, 1.165) is 25.7 Å². The summed E-state index contributed by atoms with van der Waals surface area (Å²) >= 11 is 0. The first-order valence-electron chi connectivity index (χ1n) is 7.60. The van der Waals surface area contributed by atoms with Gasteiger partial charge in [0.1, 0.15) is 0 Å². The molecular formula is C17H25NO3. The van der Waals surface area contributed by atoms with E-state index in [1.807, 2.05) is 6.07 Å². The van der Waals surface area contributed by atoms with Crippen molar-refractivity contribution in [3.63, 3.8) is 0 Å². The number of carbonyl (C=O) groups is 2. The molecule has 1 unspecified atom stereocenters. The summed E-state index contributed by atoms with van der Waals surface area (Å²) < 4.78 is 0. The molecule has 1 aromatic rings. The normalized spacial score (nSPS) is 13.4. The van der Waals surface area contributed by atoms with Gasteiger partial charge in [0.25, 0.3) is 0 Å². The van der Waals surface area contributed by atoms with Crippen LogP contribution < -0.4 is 5.32 Å². The van der Waals surface area contributed by atoms with Crippen molar-refractivity contribution in [2.24, 2.45) is 0 Å². The van der Waals surface area contributed by atoms with Gasteiger partial charge < -0.3 is 10.4 Å². The van der Waals surface area contributed by atoms with Gasteiger partial charge in [-0.05, 0) is 18.9 Å². The number of benzene rings is 1. The zero-order chi connectivity index (χ0) is 15.7. The maximum atomic E-state index is 12.0. The summed E-state index contributed by atoms with van der Waals surface area (Å²) in [5.74, 6) is -1.26. The van der Waals surface area contributed by atoms with E-state index in [1.54, 1.807) is 24.3 Å². The van der Waals surface area contributed by atoms with Crippen LogP contribution in [0.15, 0.2) is 30.3 Å². The number of amides is 1. The van der Waals surface area contributed by atoms with E-state index >= 15 is 0 Å². The summed E-state index contributed by atoms with van der Waals surface area (Å²) in [5.41, 5.74) is -0.793. The molecule has 2 N–H and O–H groups in total. The number of carboxylic acids is 1. The Hall–Kier alpha value is -1.84. The molecule has 0 heterocycles. The lowest BCUT2D eigenvalue weighted by Gasteiger charge is -2.26. The average molecular weight is 291 g/mol. The third kappa shape index (κ3) is 5.21. The van der Waals surface area contributed by atoms with Gasteiger partial charge in [0.15, 0.2) is 5.54 Å². The van der Waals surface area contributed by atoms with Crippen molar-refractivity contribution < 1.29 is 14.7 Å². The molecule has 21 heavy (non-hydrogen) atoms. The molecule has 4 heteroatoms. The van der Waals surface area contributed by atoms with Gasteiger partial charge in [-0.2, -0.15) is 0 Å². The van der Waals surface area contributed by atoms with E-state index in [9.17, 15) is 14.7 Å². The molecule has 1 amide bonds. The van der Waals surface area contributed by atoms with Crippen LogP contribution in [0, 0.1) is 0 Å². The van der Waals surface area contributed by atoms with Gasteiger partial charge in [0.2, 0.25) is 5.91 Å². The van der Waals surface area contributed by atoms with Gasteiger partial charge in [-0.1, -0.05) is 62.9 Å². The van der Waals surface area contributed by atoms with Crippen molar-refractivity contribution in [3.8, 4) is 0 Å². The molecule has 4 nitrogen and oxygen atoms in total. The van der Waals surface area contributed by atoms with Crippen LogP contribution in [0.5, 0.6) is 0 Å². The minimum atomic E-state index is -1.37. The molecule has 1 atom stereocenters. The van der Waals surface area contributed by atoms with Crippen LogP contribution in [0.25, 0.3) is 0 Å². The van der Waals surface area contributed by atoms with Gasteiger partial charge in [-0.3, -0.25) is 4.79 Å². The van der Waals surface area contributed by atoms with E-state index in [-0.39, 0.29) is 5.91 Å². The highest BCUT2D eigenvalue weighted by Gasteiger charge is 2.36. The predicted molar refractivity (Wildman–Crippen MR) is 82.9 cm³/mol. The molecule has 1 rings (SSSR count). The third-order valence-electron chi connectivity index (χ3n) is 3.68. The van der Waals surface area contributed by atoms with Crippen molar-refractivity contribution in [1.82, 2.24) is 5.32 Å². The summed E-state index contributed by atoms with van der Waals surface area (Å²) in [7, 11) is 0. The van der Waals surface area contributed by atoms with E-state index in [0.29, 0.717) is 12.0 Å². The highest BCUT2D eigenvalue weighted by molar-refractivity contribution is 5.87. The summed E-state index contributed by atoms with van der Waals surface area (Å²) in [6.45, 7) is 3.67. The Morgan fingerprint density at radius 2 is 1.71 bits per heavy atom. The molecule has 0 saturated carbocycles. The quantitative estimate of drug-likeness (QED) is 0.685. The van der Waals surface area contributed by atoms with Crippen LogP contribution in [0.4, 0.5) is 0 Å². The highest BCUT2D eigenvalue weighted by atomic mass is 16.4. The van der Waals surface area contributed by atoms with Crippen LogP contribution in [0.3, 0.4) is 0 Å². The van der Waals surface area contributed by atoms with Crippen LogP contribution in [0.2, 0.25) is 0 Å². The van der Waals surface area contributed by atoms with E-state index in [1.165, 1.54) is 13.3 Å². The largest absolute Gasteiger partial charge is 0.479 e. The number of carboxylic acid groups (broad SMARTS) is 1. The number of aliphatic carboxylic acids is 1. The van der Waals surface area contributed by atoms with Gasteiger partial charge in [-0.15, -0.1) is 0 Å². The van der Waals surface area contributed by atoms with E-state index < -0.39 is 11.5 Å². The summed E-state index contributed by atoms with van der Waals surface area (Å²) in [4.78, 5) is 23.6. The van der Waals surface area contributed by atoms with E-state index in [4.69, 9.17) is 0 Å². The van der Waals surface area contributed by atoms with Crippen LogP contribution >= 0.6 is 0 Å². The second-order valence-electron chi connectivity index (χ2n) is 5.51. The van der Waals surface area contributed by atoms with Gasteiger partial charge >= 0.3 is 5.97 Å². The Balaban J connectivity index is 2.59. The Morgan fingerprint density at radius 3 is 2.29 bits per heavy atom. The third-order valence-corrected chi connectivity index (χ3v) is 3.68. The second-order valence-corrected chi connectivity index (χ2v) is 5.51. The SMILES string of the molecule is CCCCCCCC(=O)NC(C)(C(=O)O)c1ccccc1. The topological polar surface area (TPSA) is 66.4 Å². The van der Waals surface area contributed by atoms with Gasteiger partial charge in [0, 0.05) is 6.42 Å². The number of hydrogen-bond acceptors (Lipinski definition) is 2. The fourth-order valence-corrected chi connectivity index (χ4v) is 2.25. The molecule has 0 aliphatic carbocycles. The zero-order valence-corrected chi connectivity index (χ0v) is 12.9. The van der Waals surface area contributed by atoms with Crippen LogP contribution in [-0.4, -0.2) is 17.0 Å². The van der Waals surface area contributed by atoms with Crippen molar-refractivity contribution in [2.75, 3.05) is 0 Å². The van der Waals surface area contributed by atoms with Crippen LogP contribution in [-0.2, 0) is 15.1 Å². The zero-order valence-electron chi connectivity index (χ0n) is 12.9. The van der Waals surface area contributed by atoms with Crippen molar-refractivity contribution >= 4 is 11.9 Å². The minimum Gasteiger partial charge on any atom is -0.479 e. The Bertz CT molecular complexity index is 458. The molecule has 0 saturated heterocycles. The molecule has 0 aliphatic heterocycles. The fourth-order valence-electron chi connectivity index (χ4n) is 2.25. The molecular weight excluding hydrogens is 266 g/mol. The predicted octanol–water partition coefficient (Wildman–Crippen LogP) is 3.46. The van der Waals surface area contributed by atoms with Gasteiger partial charge in [-0.25, -0.2) is 4.79 Å². The number of unbranched alkanes of at least 4 members (excludes halogenated alkanes) is 4. The molecule has 0 bridgehead atoms. The Morgan fingerprint density at radius 1 is 1.10 bits per heavy atom. The monoisotopic (exact) mass is 291 g/mol. The minimum absolute atomic E-state index is 0.208. The Kier molecular flexibility index (Phi) is 6.92. The smallest absolute Gasteiger partial charge is 0.333 e. The number of hydrogen-bond donors (Lipinski definition) is 2. The first-order valence-corrected chi connectivity index (χ1v) is 7.60. The molecule has 0 spiro atoms. The average Bonchev–Trinajstić information content (AvgIpc) is 2.47. The molecule has 0 aromatic heterocycles. The first kappa shape index (κ1) is 17.2. The molecule has 0 radical (unpaired) electrons. The maximum Gasteiger partial charge on any atom is 0.333 e. The lowest BCUT2D eigenvalue weighted by molar-refractivity contribution is -0.147. The lowest BCUT2D eigenvalue weighted by atomic mass is 9.92. The number of nitrogens with one attached hydrogen (secondary N) is 1. The second kappa shape index (κ2) is 8.45. The lowest BCUT2D eigenvalue weighted by Crippen LogP contribution is -2.49. The highest BCUT2D eigenvalue weighted by Crippen LogP contribution is 2.21. The standard InChI is InChI=1S/C17H25NO3/c1-3-4-5-6-10-13-15(19)18-17(2,16(20)21)14-11-8-7-9-12-14/h7-9,11-12H,3-6,10,13H2,1-2H3,(H,18,19)(H,20,21). The molecule has 0 aliphatic rings. The van der Waals surface area contributed by atoms with Crippen molar-refractivity contribution in [3.05, 3.63) is 35.9 Å². The molecule has 0 fully saturated rings.